The fourth-order valence-electron chi connectivity index (χ4n) is 3.27. The summed E-state index contributed by atoms with van der Waals surface area (Å²) in [5.74, 6) is -0.156. The quantitative estimate of drug-likeness (QED) is 0.752. The van der Waals surface area contributed by atoms with Crippen molar-refractivity contribution in [1.29, 1.82) is 0 Å². The monoisotopic (exact) mass is 226 g/mol. The van der Waals surface area contributed by atoms with Crippen molar-refractivity contribution in [1.82, 2.24) is 0 Å². The first-order valence-corrected chi connectivity index (χ1v) is 6.54. The van der Waals surface area contributed by atoms with Gasteiger partial charge in [-0.05, 0) is 39.0 Å². The van der Waals surface area contributed by atoms with Crippen LogP contribution in [0.15, 0.2) is 0 Å². The molecule has 0 amide bonds. The fourth-order valence-corrected chi connectivity index (χ4v) is 3.27. The second-order valence-electron chi connectivity index (χ2n) is 5.25. The third-order valence-electron chi connectivity index (χ3n) is 4.44. The Kier molecular flexibility index (Phi) is 3.24. The molecule has 2 saturated carbocycles. The number of rotatable bonds is 3. The molecule has 3 heteroatoms. The van der Waals surface area contributed by atoms with Gasteiger partial charge in [-0.1, -0.05) is 19.3 Å². The topological polar surface area (TPSA) is 46.5 Å². The van der Waals surface area contributed by atoms with Gasteiger partial charge in [-0.25, -0.2) is 0 Å². The van der Waals surface area contributed by atoms with E-state index in [4.69, 9.17) is 4.74 Å². The number of hydrogen-bond donors (Lipinski definition) is 1. The van der Waals surface area contributed by atoms with Crippen molar-refractivity contribution in [2.75, 3.05) is 6.61 Å². The van der Waals surface area contributed by atoms with Gasteiger partial charge in [-0.3, -0.25) is 4.79 Å². The Morgan fingerprint density at radius 2 is 1.75 bits per heavy atom. The zero-order chi connectivity index (χ0) is 11.6. The first kappa shape index (κ1) is 11.9. The van der Waals surface area contributed by atoms with E-state index in [1.807, 2.05) is 6.92 Å². The molecular formula is C13H22O3. The largest absolute Gasteiger partial charge is 0.465 e. The molecule has 0 aromatic heterocycles. The van der Waals surface area contributed by atoms with E-state index in [0.29, 0.717) is 6.61 Å². The minimum Gasteiger partial charge on any atom is -0.465 e. The zero-order valence-electron chi connectivity index (χ0n) is 10.1. The SMILES string of the molecule is CCOC(=O)C1(C2(O)CCC2)CCCCC1. The van der Waals surface area contributed by atoms with Crippen LogP contribution in [0.1, 0.15) is 58.3 Å². The van der Waals surface area contributed by atoms with Crippen molar-refractivity contribution < 1.29 is 14.6 Å². The molecular weight excluding hydrogens is 204 g/mol. The summed E-state index contributed by atoms with van der Waals surface area (Å²) in [5, 5.41) is 10.6. The van der Waals surface area contributed by atoms with Gasteiger partial charge < -0.3 is 9.84 Å². The Morgan fingerprint density at radius 1 is 1.12 bits per heavy atom. The predicted molar refractivity (Wildman–Crippen MR) is 61.0 cm³/mol. The Hall–Kier alpha value is -0.570. The van der Waals surface area contributed by atoms with Crippen LogP contribution in [0.3, 0.4) is 0 Å². The summed E-state index contributed by atoms with van der Waals surface area (Å²) in [5.41, 5.74) is -1.35. The molecule has 92 valence electrons. The smallest absolute Gasteiger partial charge is 0.314 e. The molecule has 0 radical (unpaired) electrons. The van der Waals surface area contributed by atoms with Gasteiger partial charge in [0.05, 0.1) is 17.6 Å². The Balaban J connectivity index is 2.20. The minimum atomic E-state index is -0.764. The van der Waals surface area contributed by atoms with E-state index in [1.165, 1.54) is 6.42 Å². The van der Waals surface area contributed by atoms with Crippen molar-refractivity contribution in [2.24, 2.45) is 5.41 Å². The highest BCUT2D eigenvalue weighted by atomic mass is 16.5. The standard InChI is InChI=1S/C13H22O3/c1-2-16-11(14)12(7-4-3-5-8-12)13(15)9-6-10-13/h15H,2-10H2,1H3. The van der Waals surface area contributed by atoms with Crippen molar-refractivity contribution in [3.05, 3.63) is 0 Å². The van der Waals surface area contributed by atoms with Crippen LogP contribution >= 0.6 is 0 Å². The lowest BCUT2D eigenvalue weighted by Gasteiger charge is -2.52. The summed E-state index contributed by atoms with van der Waals surface area (Å²) < 4.78 is 5.21. The van der Waals surface area contributed by atoms with E-state index in [1.54, 1.807) is 0 Å². The van der Waals surface area contributed by atoms with Crippen molar-refractivity contribution in [3.63, 3.8) is 0 Å². The summed E-state index contributed by atoms with van der Waals surface area (Å²) in [7, 11) is 0. The predicted octanol–water partition coefficient (Wildman–Crippen LogP) is 2.42. The average molecular weight is 226 g/mol. The maximum atomic E-state index is 12.2. The van der Waals surface area contributed by atoms with Crippen LogP contribution in [0.4, 0.5) is 0 Å². The molecule has 1 N–H and O–H groups in total. The summed E-state index contributed by atoms with van der Waals surface area (Å²) in [6, 6.07) is 0. The summed E-state index contributed by atoms with van der Waals surface area (Å²) >= 11 is 0. The van der Waals surface area contributed by atoms with Gasteiger partial charge in [-0.2, -0.15) is 0 Å². The Labute approximate surface area is 97.2 Å². The molecule has 0 bridgehead atoms. The molecule has 0 aliphatic heterocycles. The molecule has 0 aromatic carbocycles. The van der Waals surface area contributed by atoms with Crippen molar-refractivity contribution in [3.8, 4) is 0 Å². The van der Waals surface area contributed by atoms with Crippen LogP contribution in [0, 0.1) is 5.41 Å². The molecule has 2 aliphatic rings. The third-order valence-corrected chi connectivity index (χ3v) is 4.44. The molecule has 0 unspecified atom stereocenters. The maximum Gasteiger partial charge on any atom is 0.314 e. The number of aliphatic hydroxyl groups is 1. The molecule has 0 saturated heterocycles. The van der Waals surface area contributed by atoms with Crippen LogP contribution in [0.25, 0.3) is 0 Å². The second kappa shape index (κ2) is 4.36. The molecule has 3 nitrogen and oxygen atoms in total. The summed E-state index contributed by atoms with van der Waals surface area (Å²) in [4.78, 5) is 12.2. The van der Waals surface area contributed by atoms with E-state index in [0.717, 1.165) is 44.9 Å². The maximum absolute atomic E-state index is 12.2. The van der Waals surface area contributed by atoms with E-state index >= 15 is 0 Å². The highest BCUT2D eigenvalue weighted by Gasteiger charge is 2.59. The number of carbonyl (C=O) groups excluding carboxylic acids is 1. The highest BCUT2D eigenvalue weighted by Crippen LogP contribution is 2.54. The second-order valence-corrected chi connectivity index (χ2v) is 5.25. The van der Waals surface area contributed by atoms with Crippen LogP contribution in [0.2, 0.25) is 0 Å². The van der Waals surface area contributed by atoms with E-state index in [2.05, 4.69) is 0 Å². The van der Waals surface area contributed by atoms with E-state index in [-0.39, 0.29) is 5.97 Å². The zero-order valence-corrected chi connectivity index (χ0v) is 10.1. The minimum absolute atomic E-state index is 0.156. The van der Waals surface area contributed by atoms with Crippen molar-refractivity contribution in [2.45, 2.75) is 63.9 Å². The van der Waals surface area contributed by atoms with Gasteiger partial charge in [0.1, 0.15) is 0 Å². The first-order valence-electron chi connectivity index (χ1n) is 6.54. The molecule has 2 aliphatic carbocycles. The van der Waals surface area contributed by atoms with Crippen LogP contribution < -0.4 is 0 Å². The fraction of sp³-hybridized carbons (Fsp3) is 0.923. The van der Waals surface area contributed by atoms with E-state index in [9.17, 15) is 9.90 Å². The van der Waals surface area contributed by atoms with Gasteiger partial charge in [0.25, 0.3) is 0 Å². The lowest BCUT2D eigenvalue weighted by Crippen LogP contribution is -2.58. The highest BCUT2D eigenvalue weighted by molar-refractivity contribution is 5.79. The number of ether oxygens (including phenoxy) is 1. The van der Waals surface area contributed by atoms with Gasteiger partial charge in [0, 0.05) is 0 Å². The number of hydrogen-bond acceptors (Lipinski definition) is 3. The van der Waals surface area contributed by atoms with Crippen LogP contribution in [0.5, 0.6) is 0 Å². The average Bonchev–Trinajstić information content (AvgIpc) is 2.27. The molecule has 0 heterocycles. The third kappa shape index (κ3) is 1.65. The molecule has 2 rings (SSSR count). The number of carbonyl (C=O) groups is 1. The lowest BCUT2D eigenvalue weighted by molar-refractivity contribution is -0.196. The summed E-state index contributed by atoms with van der Waals surface area (Å²) in [6.07, 6.45) is 7.46. The molecule has 0 aromatic rings. The normalized spacial score (nSPS) is 26.9. The van der Waals surface area contributed by atoms with Gasteiger partial charge in [0.15, 0.2) is 0 Å². The van der Waals surface area contributed by atoms with E-state index < -0.39 is 11.0 Å². The van der Waals surface area contributed by atoms with Crippen LogP contribution in [-0.4, -0.2) is 23.3 Å². The Morgan fingerprint density at radius 3 is 2.19 bits per heavy atom. The van der Waals surface area contributed by atoms with Gasteiger partial charge >= 0.3 is 5.97 Å². The molecule has 2 fully saturated rings. The van der Waals surface area contributed by atoms with Gasteiger partial charge in [-0.15, -0.1) is 0 Å². The van der Waals surface area contributed by atoms with Gasteiger partial charge in [0.2, 0.25) is 0 Å². The molecule has 0 spiro atoms. The summed E-state index contributed by atoms with van der Waals surface area (Å²) in [6.45, 7) is 2.25. The first-order chi connectivity index (χ1) is 7.65. The number of esters is 1. The van der Waals surface area contributed by atoms with Crippen molar-refractivity contribution >= 4 is 5.97 Å². The lowest BCUT2D eigenvalue weighted by atomic mass is 9.56. The Bertz CT molecular complexity index is 262. The van der Waals surface area contributed by atoms with Crippen LogP contribution in [-0.2, 0) is 9.53 Å². The molecule has 16 heavy (non-hydrogen) atoms. The molecule has 0 atom stereocenters.